The minimum atomic E-state index is -4.67. The van der Waals surface area contributed by atoms with E-state index in [0.717, 1.165) is 4.68 Å². The third-order valence-electron chi connectivity index (χ3n) is 4.29. The van der Waals surface area contributed by atoms with E-state index in [0.29, 0.717) is 18.6 Å². The zero-order valence-corrected chi connectivity index (χ0v) is 18.6. The van der Waals surface area contributed by atoms with Crippen molar-refractivity contribution in [2.24, 2.45) is 4.99 Å². The van der Waals surface area contributed by atoms with Crippen LogP contribution in [0.25, 0.3) is 5.69 Å². The second kappa shape index (κ2) is 8.40. The van der Waals surface area contributed by atoms with Gasteiger partial charge in [0.15, 0.2) is 11.5 Å². The molecule has 2 aromatic rings. The van der Waals surface area contributed by atoms with Crippen molar-refractivity contribution in [1.82, 2.24) is 14.7 Å². The van der Waals surface area contributed by atoms with Gasteiger partial charge in [-0.15, -0.1) is 10.8 Å². The number of nitriles is 1. The van der Waals surface area contributed by atoms with E-state index < -0.39 is 22.5 Å². The number of nitrogens with zero attached hydrogens (tertiary/aromatic N) is 6. The molecule has 0 radical (unpaired) electrons. The van der Waals surface area contributed by atoms with E-state index in [1.807, 2.05) is 6.07 Å². The molecular weight excluding hydrogens is 480 g/mol. The lowest BCUT2D eigenvalue weighted by Gasteiger charge is -2.37. The molecule has 1 saturated heterocycles. The van der Waals surface area contributed by atoms with E-state index in [1.54, 1.807) is 19.0 Å². The highest BCUT2D eigenvalue weighted by molar-refractivity contribution is 8.25. The molecule has 3 rings (SSSR count). The summed E-state index contributed by atoms with van der Waals surface area (Å²) < 4.78 is 62.5. The second-order valence-electron chi connectivity index (χ2n) is 6.83. The maximum Gasteiger partial charge on any atom is 0.416 e. The van der Waals surface area contributed by atoms with E-state index in [1.165, 1.54) is 10.6 Å². The van der Waals surface area contributed by atoms with E-state index in [-0.39, 0.29) is 45.2 Å². The Hall–Kier alpha value is -2.17. The van der Waals surface area contributed by atoms with Gasteiger partial charge >= 0.3 is 6.18 Å². The van der Waals surface area contributed by atoms with E-state index in [9.17, 15) is 27.5 Å². The molecule has 0 unspecified atom stereocenters. The van der Waals surface area contributed by atoms with Crippen LogP contribution >= 0.6 is 34.0 Å². The van der Waals surface area contributed by atoms with Crippen LogP contribution in [-0.4, -0.2) is 56.5 Å². The predicted molar refractivity (Wildman–Crippen MR) is 115 cm³/mol. The molecule has 1 aromatic carbocycles. The number of hydrogen-bond donors (Lipinski definition) is 2. The lowest BCUT2D eigenvalue weighted by Crippen LogP contribution is -2.22. The zero-order valence-electron chi connectivity index (χ0n) is 16.2. The Bertz CT molecular complexity index is 1060. The first-order valence-electron chi connectivity index (χ1n) is 8.70. The largest absolute Gasteiger partial charge is 0.416 e. The summed E-state index contributed by atoms with van der Waals surface area (Å²) >= 11 is 12.3. The molecule has 0 amide bonds. The van der Waals surface area contributed by atoms with Gasteiger partial charge < -0.3 is 4.90 Å². The smallest absolute Gasteiger partial charge is 0.369 e. The molecular formula is C17H17Cl2F3N6O2S. The van der Waals surface area contributed by atoms with Gasteiger partial charge in [-0.3, -0.25) is 13.4 Å². The van der Waals surface area contributed by atoms with Gasteiger partial charge in [0, 0.05) is 20.6 Å². The maximum absolute atomic E-state index is 13.1. The van der Waals surface area contributed by atoms with Gasteiger partial charge in [-0.1, -0.05) is 23.2 Å². The quantitative estimate of drug-likeness (QED) is 0.447. The average molecular weight is 497 g/mol. The van der Waals surface area contributed by atoms with Crippen LogP contribution in [0.1, 0.15) is 17.7 Å². The fourth-order valence-electron chi connectivity index (χ4n) is 3.00. The standard InChI is InChI=1S/C17H17Cl2F3N6O2S/c1-26(2)9-24-16-15(27-4-3-5-31(27,29)30)13(8-23)25-28(16)14-11(18)6-10(7-12(14)19)17(20,21)22/h6-7,9,29-30H,3-5H2,1-2H3. The first-order chi connectivity index (χ1) is 14.4. The average Bonchev–Trinajstić information content (AvgIpc) is 3.17. The van der Waals surface area contributed by atoms with Crippen LogP contribution in [0.15, 0.2) is 17.1 Å². The van der Waals surface area contributed by atoms with Crippen LogP contribution in [0, 0.1) is 11.3 Å². The first-order valence-corrected chi connectivity index (χ1v) is 11.1. The molecule has 0 saturated carbocycles. The summed E-state index contributed by atoms with van der Waals surface area (Å²) in [5.41, 5.74) is -1.35. The molecule has 168 valence electrons. The van der Waals surface area contributed by atoms with Gasteiger partial charge in [-0.2, -0.15) is 23.5 Å². The third-order valence-corrected chi connectivity index (χ3v) is 6.78. The van der Waals surface area contributed by atoms with Crippen molar-refractivity contribution >= 4 is 51.8 Å². The summed E-state index contributed by atoms with van der Waals surface area (Å²) in [5.74, 6) is 0.0671. The number of benzene rings is 1. The Balaban J connectivity index is 2.31. The number of alkyl halides is 3. The van der Waals surface area contributed by atoms with Crippen molar-refractivity contribution in [2.75, 3.05) is 30.7 Å². The molecule has 31 heavy (non-hydrogen) atoms. The van der Waals surface area contributed by atoms with Crippen molar-refractivity contribution in [3.05, 3.63) is 33.4 Å². The fraction of sp³-hybridized carbons (Fsp3) is 0.353. The van der Waals surface area contributed by atoms with Gasteiger partial charge in [0.05, 0.1) is 27.7 Å². The molecule has 2 N–H and O–H groups in total. The van der Waals surface area contributed by atoms with Crippen LogP contribution < -0.4 is 4.31 Å². The van der Waals surface area contributed by atoms with Gasteiger partial charge in [-0.25, -0.2) is 9.67 Å². The Kier molecular flexibility index (Phi) is 6.37. The highest BCUT2D eigenvalue weighted by Gasteiger charge is 2.37. The van der Waals surface area contributed by atoms with Crippen LogP contribution in [0.4, 0.5) is 24.7 Å². The molecule has 0 spiro atoms. The van der Waals surface area contributed by atoms with Crippen molar-refractivity contribution in [3.63, 3.8) is 0 Å². The van der Waals surface area contributed by atoms with Crippen LogP contribution in [0.5, 0.6) is 0 Å². The highest BCUT2D eigenvalue weighted by atomic mass is 35.5. The number of aliphatic imine (C=N–C) groups is 1. The van der Waals surface area contributed by atoms with Gasteiger partial charge in [0.2, 0.25) is 0 Å². The molecule has 0 atom stereocenters. The Labute approximate surface area is 187 Å². The van der Waals surface area contributed by atoms with Crippen LogP contribution in [-0.2, 0) is 6.18 Å². The zero-order chi connectivity index (χ0) is 23.1. The molecule has 1 fully saturated rings. The Morgan fingerprint density at radius 2 is 1.87 bits per heavy atom. The highest BCUT2D eigenvalue weighted by Crippen LogP contribution is 2.54. The molecule has 8 nitrogen and oxygen atoms in total. The normalized spacial score (nSPS) is 17.2. The van der Waals surface area contributed by atoms with Crippen LogP contribution in [0.3, 0.4) is 0 Å². The fourth-order valence-corrected chi connectivity index (χ4v) is 5.26. The van der Waals surface area contributed by atoms with Crippen molar-refractivity contribution < 1.29 is 22.3 Å². The number of anilines is 1. The summed E-state index contributed by atoms with van der Waals surface area (Å²) in [4.78, 5) is 5.85. The monoisotopic (exact) mass is 496 g/mol. The summed E-state index contributed by atoms with van der Waals surface area (Å²) in [6.45, 7) is 0.224. The van der Waals surface area contributed by atoms with Gasteiger partial charge in [-0.05, 0) is 18.6 Å². The van der Waals surface area contributed by atoms with E-state index >= 15 is 0 Å². The van der Waals surface area contributed by atoms with Crippen LogP contribution in [0.2, 0.25) is 10.0 Å². The predicted octanol–water partition coefficient (Wildman–Crippen LogP) is 5.17. The molecule has 14 heteroatoms. The number of aromatic nitrogens is 2. The molecule has 1 aromatic heterocycles. The summed E-state index contributed by atoms with van der Waals surface area (Å²) in [7, 11) is 0.132. The van der Waals surface area contributed by atoms with E-state index in [2.05, 4.69) is 10.1 Å². The molecule has 0 aliphatic carbocycles. The van der Waals surface area contributed by atoms with Gasteiger partial charge in [0.1, 0.15) is 17.4 Å². The molecule has 0 bridgehead atoms. The van der Waals surface area contributed by atoms with Crippen molar-refractivity contribution in [3.8, 4) is 11.8 Å². The van der Waals surface area contributed by atoms with E-state index in [4.69, 9.17) is 23.2 Å². The Morgan fingerprint density at radius 3 is 2.32 bits per heavy atom. The maximum atomic E-state index is 13.1. The molecule has 1 aliphatic heterocycles. The Morgan fingerprint density at radius 1 is 1.26 bits per heavy atom. The minimum Gasteiger partial charge on any atom is -0.369 e. The number of hydrogen-bond acceptors (Lipinski definition) is 6. The topological polar surface area (TPSA) is 101 Å². The summed E-state index contributed by atoms with van der Waals surface area (Å²) in [6, 6.07) is 3.25. The SMILES string of the molecule is CN(C)C=Nc1c(N2CCCS2(O)O)c(C#N)nn1-c1c(Cl)cc(C(F)(F)F)cc1Cl. The molecule has 2 heterocycles. The van der Waals surface area contributed by atoms with Crippen molar-refractivity contribution in [1.29, 1.82) is 5.26 Å². The summed E-state index contributed by atoms with van der Waals surface area (Å²) in [6.07, 6.45) is -2.85. The lowest BCUT2D eigenvalue weighted by atomic mass is 10.2. The minimum absolute atomic E-state index is 0.0318. The third kappa shape index (κ3) is 4.56. The first kappa shape index (κ1) is 23.5. The van der Waals surface area contributed by atoms with Crippen molar-refractivity contribution in [2.45, 2.75) is 12.6 Å². The number of halogens is 5. The number of rotatable bonds is 4. The second-order valence-corrected chi connectivity index (χ2v) is 9.76. The lowest BCUT2D eigenvalue weighted by molar-refractivity contribution is -0.137. The summed E-state index contributed by atoms with van der Waals surface area (Å²) in [5, 5.41) is 13.0. The molecule has 1 aliphatic rings. The van der Waals surface area contributed by atoms with Gasteiger partial charge in [0.25, 0.3) is 0 Å².